The third kappa shape index (κ3) is 3.34. The number of likely N-dealkylation sites (tertiary alicyclic amines) is 1. The van der Waals surface area contributed by atoms with Crippen LogP contribution in [0.3, 0.4) is 0 Å². The predicted molar refractivity (Wildman–Crippen MR) is 85.2 cm³/mol. The van der Waals surface area contributed by atoms with Gasteiger partial charge in [-0.25, -0.2) is 0 Å². The molecule has 2 saturated heterocycles. The van der Waals surface area contributed by atoms with Gasteiger partial charge in [0.1, 0.15) is 0 Å². The number of hydrogen-bond acceptors (Lipinski definition) is 3. The van der Waals surface area contributed by atoms with E-state index in [1.54, 1.807) is 0 Å². The van der Waals surface area contributed by atoms with Crippen molar-refractivity contribution in [2.75, 3.05) is 31.5 Å². The van der Waals surface area contributed by atoms with Crippen LogP contribution in [0.1, 0.15) is 25.3 Å². The second-order valence-corrected chi connectivity index (χ2v) is 5.93. The molecular weight excluding hydrogens is 262 g/mol. The number of benzene rings is 1. The Morgan fingerprint density at radius 1 is 1.24 bits per heavy atom. The van der Waals surface area contributed by atoms with E-state index >= 15 is 0 Å². The highest BCUT2D eigenvalue weighted by Gasteiger charge is 2.18. The number of nitrogens with zero attached hydrogens (tertiary/aromatic N) is 1. The van der Waals surface area contributed by atoms with Crippen LogP contribution in [0, 0.1) is 0 Å². The molecule has 1 aromatic rings. The Morgan fingerprint density at radius 2 is 1.95 bits per heavy atom. The molecule has 3 rings (SSSR count). The molecule has 4 nitrogen and oxygen atoms in total. The Kier molecular flexibility index (Phi) is 4.36. The summed E-state index contributed by atoms with van der Waals surface area (Å²) in [5.41, 5.74) is 4.22. The average Bonchev–Trinajstić information content (AvgIpc) is 2.92. The summed E-state index contributed by atoms with van der Waals surface area (Å²) < 4.78 is 0. The largest absolute Gasteiger partial charge is 0.322 e. The molecule has 0 unspecified atom stereocenters. The molecule has 4 heteroatoms. The van der Waals surface area contributed by atoms with Crippen molar-refractivity contribution < 1.29 is 4.79 Å². The molecule has 0 aromatic heterocycles. The fourth-order valence-corrected chi connectivity index (χ4v) is 2.85. The maximum atomic E-state index is 12.3. The summed E-state index contributed by atoms with van der Waals surface area (Å²) in [4.78, 5) is 14.8. The number of amides is 1. The van der Waals surface area contributed by atoms with Gasteiger partial charge in [-0.2, -0.15) is 0 Å². The molecule has 0 aliphatic carbocycles. The summed E-state index contributed by atoms with van der Waals surface area (Å²) in [7, 11) is 0. The second-order valence-electron chi connectivity index (χ2n) is 5.93. The lowest BCUT2D eigenvalue weighted by Gasteiger charge is -2.22. The van der Waals surface area contributed by atoms with Crippen LogP contribution in [0.15, 0.2) is 35.4 Å². The lowest BCUT2D eigenvalue weighted by atomic mass is 10.0. The van der Waals surface area contributed by atoms with Gasteiger partial charge in [-0.15, -0.1) is 0 Å². The van der Waals surface area contributed by atoms with Crippen molar-refractivity contribution in [1.82, 2.24) is 10.2 Å². The van der Waals surface area contributed by atoms with Gasteiger partial charge in [-0.3, -0.25) is 9.69 Å². The summed E-state index contributed by atoms with van der Waals surface area (Å²) in [5, 5.41) is 6.26. The van der Waals surface area contributed by atoms with Crippen molar-refractivity contribution in [3.8, 4) is 0 Å². The molecule has 0 radical (unpaired) electrons. The van der Waals surface area contributed by atoms with Crippen molar-refractivity contribution >= 4 is 11.6 Å². The van der Waals surface area contributed by atoms with Gasteiger partial charge >= 0.3 is 0 Å². The van der Waals surface area contributed by atoms with Crippen LogP contribution >= 0.6 is 0 Å². The van der Waals surface area contributed by atoms with Gasteiger partial charge in [0.15, 0.2) is 0 Å². The zero-order chi connectivity index (χ0) is 14.7. The number of nitrogens with one attached hydrogen (secondary N) is 2. The molecule has 0 saturated carbocycles. The van der Waals surface area contributed by atoms with E-state index in [1.165, 1.54) is 24.0 Å². The molecule has 2 aliphatic heterocycles. The standard InChI is InChI=1S/C17H23N3O/c1-13(15-10-18-11-15)17(21)19-16-7-3-2-6-14(16)12-20-8-4-5-9-20/h2-3,6-7,18H,4-5,8-12H2,1H3,(H,19,21). The minimum absolute atomic E-state index is 0.0281. The molecule has 1 aromatic carbocycles. The van der Waals surface area contributed by atoms with Crippen LogP contribution in [-0.2, 0) is 11.3 Å². The van der Waals surface area contributed by atoms with Gasteiger partial charge in [0.2, 0.25) is 0 Å². The summed E-state index contributed by atoms with van der Waals surface area (Å²) in [6.07, 6.45) is 2.57. The molecule has 2 heterocycles. The van der Waals surface area contributed by atoms with E-state index in [1.807, 2.05) is 25.1 Å². The maximum Gasteiger partial charge on any atom is 0.251 e. The van der Waals surface area contributed by atoms with Crippen molar-refractivity contribution in [1.29, 1.82) is 0 Å². The van der Waals surface area contributed by atoms with Gasteiger partial charge in [-0.1, -0.05) is 18.2 Å². The number of para-hydroxylation sites is 1. The van der Waals surface area contributed by atoms with Gasteiger partial charge in [-0.05, 0) is 50.1 Å². The summed E-state index contributed by atoms with van der Waals surface area (Å²) in [6, 6.07) is 8.14. The Bertz CT molecular complexity index is 553. The highest BCUT2D eigenvalue weighted by Crippen LogP contribution is 2.21. The molecule has 2 fully saturated rings. The topological polar surface area (TPSA) is 44.4 Å². The van der Waals surface area contributed by atoms with E-state index in [0.29, 0.717) is 0 Å². The van der Waals surface area contributed by atoms with Crippen LogP contribution in [0.4, 0.5) is 5.69 Å². The van der Waals surface area contributed by atoms with E-state index in [9.17, 15) is 4.79 Å². The Balaban J connectivity index is 1.71. The van der Waals surface area contributed by atoms with Crippen molar-refractivity contribution in [3.63, 3.8) is 0 Å². The minimum Gasteiger partial charge on any atom is -0.322 e. The van der Waals surface area contributed by atoms with Crippen LogP contribution in [0.5, 0.6) is 0 Å². The quantitative estimate of drug-likeness (QED) is 0.833. The fraction of sp³-hybridized carbons (Fsp3) is 0.471. The first-order valence-corrected chi connectivity index (χ1v) is 7.75. The monoisotopic (exact) mass is 285 g/mol. The summed E-state index contributed by atoms with van der Waals surface area (Å²) in [5.74, 6) is 0.0281. The van der Waals surface area contributed by atoms with Crippen LogP contribution in [0.25, 0.3) is 0 Å². The first kappa shape index (κ1) is 14.3. The van der Waals surface area contributed by atoms with Gasteiger partial charge in [0.25, 0.3) is 5.91 Å². The number of carbonyl (C=O) groups is 1. The molecule has 2 N–H and O–H groups in total. The van der Waals surface area contributed by atoms with Gasteiger partial charge < -0.3 is 10.6 Å². The van der Waals surface area contributed by atoms with Gasteiger partial charge in [0, 0.05) is 30.9 Å². The minimum atomic E-state index is 0.0281. The number of rotatable bonds is 4. The smallest absolute Gasteiger partial charge is 0.251 e. The Morgan fingerprint density at radius 3 is 2.62 bits per heavy atom. The third-order valence-electron chi connectivity index (χ3n) is 4.41. The lowest BCUT2D eigenvalue weighted by Crippen LogP contribution is -2.36. The first-order valence-electron chi connectivity index (χ1n) is 7.75. The molecule has 1 amide bonds. The normalized spacial score (nSPS) is 18.4. The van der Waals surface area contributed by atoms with Crippen LogP contribution in [-0.4, -0.2) is 37.0 Å². The third-order valence-corrected chi connectivity index (χ3v) is 4.41. The molecule has 112 valence electrons. The highest BCUT2D eigenvalue weighted by atomic mass is 16.1. The maximum absolute atomic E-state index is 12.3. The zero-order valence-corrected chi connectivity index (χ0v) is 12.6. The van der Waals surface area contributed by atoms with E-state index in [4.69, 9.17) is 0 Å². The fourth-order valence-electron chi connectivity index (χ4n) is 2.85. The molecule has 21 heavy (non-hydrogen) atoms. The van der Waals surface area contributed by atoms with Crippen molar-refractivity contribution in [2.45, 2.75) is 26.3 Å². The average molecular weight is 285 g/mol. The van der Waals surface area contributed by atoms with Crippen molar-refractivity contribution in [2.24, 2.45) is 0 Å². The molecule has 0 atom stereocenters. The van der Waals surface area contributed by atoms with E-state index < -0.39 is 0 Å². The van der Waals surface area contributed by atoms with E-state index in [0.717, 1.165) is 44.0 Å². The van der Waals surface area contributed by atoms with Crippen molar-refractivity contribution in [3.05, 3.63) is 41.0 Å². The van der Waals surface area contributed by atoms with E-state index in [2.05, 4.69) is 21.6 Å². The lowest BCUT2D eigenvalue weighted by molar-refractivity contribution is -0.112. The SMILES string of the molecule is CC(C(=O)Nc1ccccc1CN1CCCC1)=C1CNC1. The number of carbonyl (C=O) groups excluding carboxylic acids is 1. The van der Waals surface area contributed by atoms with Crippen LogP contribution in [0.2, 0.25) is 0 Å². The molecular formula is C17H23N3O. The molecule has 0 spiro atoms. The molecule has 2 aliphatic rings. The van der Waals surface area contributed by atoms with Crippen LogP contribution < -0.4 is 10.6 Å². The first-order chi connectivity index (χ1) is 10.2. The van der Waals surface area contributed by atoms with Gasteiger partial charge in [0.05, 0.1) is 0 Å². The number of anilines is 1. The Hall–Kier alpha value is -1.65. The zero-order valence-electron chi connectivity index (χ0n) is 12.6. The highest BCUT2D eigenvalue weighted by molar-refractivity contribution is 6.04. The summed E-state index contributed by atoms with van der Waals surface area (Å²) in [6.45, 7) is 6.85. The molecule has 0 bridgehead atoms. The predicted octanol–water partition coefficient (Wildman–Crippen LogP) is 2.14. The Labute approximate surface area is 126 Å². The number of hydrogen-bond donors (Lipinski definition) is 2. The summed E-state index contributed by atoms with van der Waals surface area (Å²) >= 11 is 0. The van der Waals surface area contributed by atoms with E-state index in [-0.39, 0.29) is 5.91 Å². The second kappa shape index (κ2) is 6.41.